The van der Waals surface area contributed by atoms with Crippen LogP contribution < -0.4 is 11.1 Å². The number of rotatable bonds is 4. The molecule has 0 aromatic carbocycles. The fourth-order valence-electron chi connectivity index (χ4n) is 1.61. The van der Waals surface area contributed by atoms with Gasteiger partial charge in [0.1, 0.15) is 0 Å². The number of nitrogens with one attached hydrogen (secondary N) is 1. The highest BCUT2D eigenvalue weighted by Crippen LogP contribution is 2.15. The van der Waals surface area contributed by atoms with Gasteiger partial charge < -0.3 is 15.8 Å². The van der Waals surface area contributed by atoms with Gasteiger partial charge in [-0.2, -0.15) is 0 Å². The lowest BCUT2D eigenvalue weighted by Crippen LogP contribution is -2.48. The predicted octanol–water partition coefficient (Wildman–Crippen LogP) is 0.407. The molecule has 3 atom stereocenters. The molecule has 0 aromatic rings. The molecule has 3 N–H and O–H groups in total. The molecule has 1 heterocycles. The molecule has 82 valence electrons. The number of amides is 1. The summed E-state index contributed by atoms with van der Waals surface area (Å²) in [5, 5.41) is 2.88. The number of carbonyl (C=O) groups excluding carboxylic acids is 1. The molecule has 1 aliphatic rings. The predicted molar refractivity (Wildman–Crippen MR) is 54.8 cm³/mol. The zero-order valence-corrected chi connectivity index (χ0v) is 8.95. The molecule has 0 aliphatic carbocycles. The van der Waals surface area contributed by atoms with Gasteiger partial charge in [-0.3, -0.25) is 4.79 Å². The smallest absolute Gasteiger partial charge is 0.237 e. The van der Waals surface area contributed by atoms with Crippen molar-refractivity contribution in [2.24, 2.45) is 5.73 Å². The van der Waals surface area contributed by atoms with Crippen LogP contribution in [0.2, 0.25) is 0 Å². The van der Waals surface area contributed by atoms with Crippen LogP contribution in [-0.4, -0.2) is 30.7 Å². The number of ether oxygens (including phenoxy) is 1. The van der Waals surface area contributed by atoms with E-state index < -0.39 is 0 Å². The third kappa shape index (κ3) is 2.96. The van der Waals surface area contributed by atoms with Crippen LogP contribution in [0, 0.1) is 0 Å². The summed E-state index contributed by atoms with van der Waals surface area (Å²) < 4.78 is 5.47. The summed E-state index contributed by atoms with van der Waals surface area (Å²) in [6.45, 7) is 4.68. The van der Waals surface area contributed by atoms with E-state index in [-0.39, 0.29) is 24.1 Å². The first-order chi connectivity index (χ1) is 6.65. The number of hydrogen-bond donors (Lipinski definition) is 2. The summed E-state index contributed by atoms with van der Waals surface area (Å²) in [7, 11) is 0. The van der Waals surface area contributed by atoms with Crippen LogP contribution in [0.5, 0.6) is 0 Å². The van der Waals surface area contributed by atoms with Crippen LogP contribution in [0.3, 0.4) is 0 Å². The fraction of sp³-hybridized carbons (Fsp3) is 0.900. The minimum atomic E-state index is -0.390. The van der Waals surface area contributed by atoms with Gasteiger partial charge in [0.25, 0.3) is 0 Å². The van der Waals surface area contributed by atoms with Crippen LogP contribution in [0.1, 0.15) is 33.1 Å². The second-order valence-electron chi connectivity index (χ2n) is 3.86. The molecule has 1 saturated heterocycles. The zero-order valence-electron chi connectivity index (χ0n) is 8.95. The maximum absolute atomic E-state index is 11.4. The molecule has 0 aromatic heterocycles. The number of carbonyl (C=O) groups is 1. The van der Waals surface area contributed by atoms with Crippen molar-refractivity contribution >= 4 is 5.91 Å². The van der Waals surface area contributed by atoms with E-state index in [0.717, 1.165) is 19.4 Å². The normalized spacial score (nSPS) is 25.8. The van der Waals surface area contributed by atoms with Crippen molar-refractivity contribution in [3.8, 4) is 0 Å². The topological polar surface area (TPSA) is 64.4 Å². The molecule has 14 heavy (non-hydrogen) atoms. The summed E-state index contributed by atoms with van der Waals surface area (Å²) in [4.78, 5) is 11.4. The van der Waals surface area contributed by atoms with Crippen LogP contribution in [0.4, 0.5) is 0 Å². The van der Waals surface area contributed by atoms with Crippen molar-refractivity contribution in [3.63, 3.8) is 0 Å². The highest BCUT2D eigenvalue weighted by Gasteiger charge is 2.24. The summed E-state index contributed by atoms with van der Waals surface area (Å²) in [6, 6.07) is -0.318. The molecule has 0 saturated carbocycles. The molecule has 1 aliphatic heterocycles. The van der Waals surface area contributed by atoms with Crippen molar-refractivity contribution in [2.75, 3.05) is 6.61 Å². The summed E-state index contributed by atoms with van der Waals surface area (Å²) in [5.41, 5.74) is 5.61. The Balaban J connectivity index is 2.31. The molecule has 4 heteroatoms. The Bertz CT molecular complexity index is 191. The van der Waals surface area contributed by atoms with Crippen molar-refractivity contribution in [1.82, 2.24) is 5.32 Å². The van der Waals surface area contributed by atoms with Gasteiger partial charge in [0.05, 0.1) is 18.2 Å². The lowest BCUT2D eigenvalue weighted by Gasteiger charge is -2.21. The van der Waals surface area contributed by atoms with Gasteiger partial charge >= 0.3 is 0 Å². The van der Waals surface area contributed by atoms with Gasteiger partial charge in [0.15, 0.2) is 0 Å². The Morgan fingerprint density at radius 2 is 2.43 bits per heavy atom. The average Bonchev–Trinajstić information content (AvgIpc) is 2.69. The summed E-state index contributed by atoms with van der Waals surface area (Å²) in [6.07, 6.45) is 2.96. The lowest BCUT2D eigenvalue weighted by molar-refractivity contribution is -0.123. The standard InChI is InChI=1S/C10H20N2O2/c1-3-8(11)10(13)12-7(2)9-5-4-6-14-9/h7-9H,3-6,11H2,1-2H3,(H,12,13). The first-order valence-corrected chi connectivity index (χ1v) is 5.32. The van der Waals surface area contributed by atoms with Gasteiger partial charge in [0.2, 0.25) is 5.91 Å². The molecular formula is C10H20N2O2. The third-order valence-corrected chi connectivity index (χ3v) is 2.67. The molecule has 0 bridgehead atoms. The van der Waals surface area contributed by atoms with Gasteiger partial charge in [-0.25, -0.2) is 0 Å². The molecule has 3 unspecified atom stereocenters. The molecule has 1 rings (SSSR count). The average molecular weight is 200 g/mol. The van der Waals surface area contributed by atoms with Crippen LogP contribution >= 0.6 is 0 Å². The van der Waals surface area contributed by atoms with Crippen LogP contribution in [0.15, 0.2) is 0 Å². The largest absolute Gasteiger partial charge is 0.376 e. The Kier molecular flexibility index (Phi) is 4.35. The van der Waals surface area contributed by atoms with Gasteiger partial charge in [0, 0.05) is 6.61 Å². The second-order valence-corrected chi connectivity index (χ2v) is 3.86. The van der Waals surface area contributed by atoms with E-state index in [2.05, 4.69) is 5.32 Å². The fourth-order valence-corrected chi connectivity index (χ4v) is 1.61. The van der Waals surface area contributed by atoms with E-state index >= 15 is 0 Å². The van der Waals surface area contributed by atoms with Crippen molar-refractivity contribution in [2.45, 2.75) is 51.3 Å². The van der Waals surface area contributed by atoms with E-state index in [1.165, 1.54) is 0 Å². The molecule has 1 amide bonds. The minimum absolute atomic E-state index is 0.0719. The molecule has 4 nitrogen and oxygen atoms in total. The minimum Gasteiger partial charge on any atom is -0.376 e. The maximum Gasteiger partial charge on any atom is 0.237 e. The third-order valence-electron chi connectivity index (χ3n) is 2.67. The quantitative estimate of drug-likeness (QED) is 0.690. The van der Waals surface area contributed by atoms with Gasteiger partial charge in [-0.05, 0) is 26.2 Å². The molecule has 1 fully saturated rings. The monoisotopic (exact) mass is 200 g/mol. The molecular weight excluding hydrogens is 180 g/mol. The van der Waals surface area contributed by atoms with Gasteiger partial charge in [-0.1, -0.05) is 6.92 Å². The highest BCUT2D eigenvalue weighted by molar-refractivity contribution is 5.81. The first-order valence-electron chi connectivity index (χ1n) is 5.32. The van der Waals surface area contributed by atoms with Crippen molar-refractivity contribution in [3.05, 3.63) is 0 Å². The lowest BCUT2D eigenvalue weighted by atomic mass is 10.1. The number of hydrogen-bond acceptors (Lipinski definition) is 3. The molecule has 0 spiro atoms. The number of nitrogens with two attached hydrogens (primary N) is 1. The first kappa shape index (κ1) is 11.5. The van der Waals surface area contributed by atoms with Crippen molar-refractivity contribution < 1.29 is 9.53 Å². The Morgan fingerprint density at radius 3 is 2.93 bits per heavy atom. The zero-order chi connectivity index (χ0) is 10.6. The molecule has 0 radical (unpaired) electrons. The maximum atomic E-state index is 11.4. The van der Waals surface area contributed by atoms with Crippen LogP contribution in [0.25, 0.3) is 0 Å². The Hall–Kier alpha value is -0.610. The summed E-state index contributed by atoms with van der Waals surface area (Å²) >= 11 is 0. The van der Waals surface area contributed by atoms with Gasteiger partial charge in [-0.15, -0.1) is 0 Å². The van der Waals surface area contributed by atoms with Crippen LogP contribution in [-0.2, 0) is 9.53 Å². The van der Waals surface area contributed by atoms with E-state index in [1.807, 2.05) is 13.8 Å². The highest BCUT2D eigenvalue weighted by atomic mass is 16.5. The second kappa shape index (κ2) is 5.32. The van der Waals surface area contributed by atoms with E-state index in [4.69, 9.17) is 10.5 Å². The van der Waals surface area contributed by atoms with E-state index in [1.54, 1.807) is 0 Å². The Morgan fingerprint density at radius 1 is 1.71 bits per heavy atom. The Labute approximate surface area is 85.2 Å². The van der Waals surface area contributed by atoms with Crippen molar-refractivity contribution in [1.29, 1.82) is 0 Å². The van der Waals surface area contributed by atoms with E-state index in [9.17, 15) is 4.79 Å². The SMILES string of the molecule is CCC(N)C(=O)NC(C)C1CCCO1. The van der Waals surface area contributed by atoms with E-state index in [0.29, 0.717) is 6.42 Å². The summed E-state index contributed by atoms with van der Waals surface area (Å²) in [5.74, 6) is -0.0736.